The number of azo groups is 1. The van der Waals surface area contributed by atoms with Crippen molar-refractivity contribution in [2.45, 2.75) is 11.8 Å². The zero-order chi connectivity index (χ0) is 22.1. The van der Waals surface area contributed by atoms with Crippen LogP contribution in [0.15, 0.2) is 62.4 Å². The minimum atomic E-state index is -3.84. The fraction of sp³-hybridized carbons (Fsp3) is 0.111. The van der Waals surface area contributed by atoms with Crippen molar-refractivity contribution in [1.82, 2.24) is 14.5 Å². The molecule has 10 nitrogen and oxygen atoms in total. The van der Waals surface area contributed by atoms with Gasteiger partial charge in [-0.3, -0.25) is 9.89 Å². The molecule has 2 aromatic carbocycles. The molecule has 1 heterocycles. The lowest BCUT2D eigenvalue weighted by Gasteiger charge is -2.05. The Hall–Kier alpha value is -3.28. The van der Waals surface area contributed by atoms with Crippen molar-refractivity contribution in [2.75, 3.05) is 7.05 Å². The number of H-pyrrole nitrogens is 1. The second kappa shape index (κ2) is 8.22. The molecule has 3 rings (SSSR count). The number of carbonyl (C=O) groups is 1. The van der Waals surface area contributed by atoms with Gasteiger partial charge in [-0.15, -0.1) is 10.2 Å². The standard InChI is InChI=1S/C18H16ClN5O5S/c1-10-16(17(25)24(23-10)12-5-3-11(19)4-6-12)22-21-15-8-7-13(30(28,29)20-2)9-14(15)18(26)27/h3-9,20,23H,1-2H3,(H,26,27). The SMILES string of the molecule is CNS(=O)(=O)c1ccc(N=Nc2c(C)[nH]n(-c3ccc(Cl)cc3)c2=O)c(C(=O)O)c1. The Kier molecular flexibility index (Phi) is 5.87. The summed E-state index contributed by atoms with van der Waals surface area (Å²) in [4.78, 5) is 24.0. The van der Waals surface area contributed by atoms with Crippen LogP contribution < -0.4 is 10.3 Å². The lowest BCUT2D eigenvalue weighted by atomic mass is 10.2. The van der Waals surface area contributed by atoms with Crippen LogP contribution in [0.4, 0.5) is 11.4 Å². The first-order valence-electron chi connectivity index (χ1n) is 8.44. The molecule has 0 aliphatic carbocycles. The molecule has 0 bridgehead atoms. The van der Waals surface area contributed by atoms with Crippen LogP contribution in [-0.4, -0.2) is 36.3 Å². The number of aromatic nitrogens is 2. The summed E-state index contributed by atoms with van der Waals surface area (Å²) in [6, 6.07) is 9.91. The van der Waals surface area contributed by atoms with E-state index in [9.17, 15) is 23.1 Å². The summed E-state index contributed by atoms with van der Waals surface area (Å²) in [5, 5.41) is 20.6. The maximum atomic E-state index is 12.7. The number of carboxylic acids is 1. The molecule has 12 heteroatoms. The maximum Gasteiger partial charge on any atom is 0.338 e. The van der Waals surface area contributed by atoms with Crippen molar-refractivity contribution in [3.63, 3.8) is 0 Å². The molecule has 0 spiro atoms. The summed E-state index contributed by atoms with van der Waals surface area (Å²) < 4.78 is 27.2. The number of aromatic carboxylic acids is 1. The number of benzene rings is 2. The van der Waals surface area contributed by atoms with Crippen LogP contribution in [0.3, 0.4) is 0 Å². The molecule has 0 unspecified atom stereocenters. The Labute approximate surface area is 175 Å². The van der Waals surface area contributed by atoms with Gasteiger partial charge in [0.1, 0.15) is 5.69 Å². The second-order valence-electron chi connectivity index (χ2n) is 6.09. The average Bonchev–Trinajstić information content (AvgIpc) is 3.00. The van der Waals surface area contributed by atoms with Crippen LogP contribution >= 0.6 is 11.6 Å². The molecule has 156 valence electrons. The smallest absolute Gasteiger partial charge is 0.338 e. The van der Waals surface area contributed by atoms with Crippen molar-refractivity contribution in [1.29, 1.82) is 0 Å². The zero-order valence-electron chi connectivity index (χ0n) is 15.7. The summed E-state index contributed by atoms with van der Waals surface area (Å²) in [6.07, 6.45) is 0. The number of aryl methyl sites for hydroxylation is 1. The van der Waals surface area contributed by atoms with Gasteiger partial charge >= 0.3 is 5.97 Å². The molecule has 0 atom stereocenters. The van der Waals surface area contributed by atoms with Gasteiger partial charge in [-0.05, 0) is 56.4 Å². The number of hydrogen-bond donors (Lipinski definition) is 3. The van der Waals surface area contributed by atoms with E-state index in [0.29, 0.717) is 16.4 Å². The number of halogens is 1. The third kappa shape index (κ3) is 4.17. The molecular formula is C18H16ClN5O5S. The summed E-state index contributed by atoms with van der Waals surface area (Å²) in [5.74, 6) is -1.39. The van der Waals surface area contributed by atoms with E-state index in [1.54, 1.807) is 31.2 Å². The van der Waals surface area contributed by atoms with Crippen LogP contribution in [0.25, 0.3) is 5.69 Å². The van der Waals surface area contributed by atoms with Crippen molar-refractivity contribution < 1.29 is 18.3 Å². The third-order valence-electron chi connectivity index (χ3n) is 4.16. The largest absolute Gasteiger partial charge is 0.478 e. The topological polar surface area (TPSA) is 146 Å². The number of nitrogens with one attached hydrogen (secondary N) is 2. The minimum Gasteiger partial charge on any atom is -0.478 e. The highest BCUT2D eigenvalue weighted by Gasteiger charge is 2.18. The van der Waals surface area contributed by atoms with E-state index in [4.69, 9.17) is 11.6 Å². The molecule has 0 aliphatic heterocycles. The summed E-state index contributed by atoms with van der Waals surface area (Å²) >= 11 is 5.86. The van der Waals surface area contributed by atoms with Gasteiger partial charge in [0.25, 0.3) is 5.56 Å². The van der Waals surface area contributed by atoms with E-state index >= 15 is 0 Å². The molecule has 0 fully saturated rings. The van der Waals surface area contributed by atoms with E-state index in [1.165, 1.54) is 23.9 Å². The monoisotopic (exact) mass is 449 g/mol. The highest BCUT2D eigenvalue weighted by molar-refractivity contribution is 7.89. The van der Waals surface area contributed by atoms with E-state index in [1.807, 2.05) is 0 Å². The Morgan fingerprint density at radius 2 is 1.83 bits per heavy atom. The highest BCUT2D eigenvalue weighted by Crippen LogP contribution is 2.26. The van der Waals surface area contributed by atoms with Gasteiger partial charge in [0.2, 0.25) is 10.0 Å². The molecular weight excluding hydrogens is 434 g/mol. The number of carboxylic acid groups (broad SMARTS) is 1. The Balaban J connectivity index is 2.03. The molecule has 3 aromatic rings. The van der Waals surface area contributed by atoms with Gasteiger partial charge < -0.3 is 5.11 Å². The average molecular weight is 450 g/mol. The van der Waals surface area contributed by atoms with Crippen molar-refractivity contribution in [3.05, 3.63) is 69.1 Å². The van der Waals surface area contributed by atoms with Gasteiger partial charge in [-0.2, -0.15) is 0 Å². The van der Waals surface area contributed by atoms with Gasteiger partial charge in [0.05, 0.1) is 21.8 Å². The van der Waals surface area contributed by atoms with Crippen molar-refractivity contribution in [3.8, 4) is 5.69 Å². The highest BCUT2D eigenvalue weighted by atomic mass is 35.5. The van der Waals surface area contributed by atoms with Gasteiger partial charge in [0, 0.05) is 5.02 Å². The molecule has 0 amide bonds. The van der Waals surface area contributed by atoms with Gasteiger partial charge in [-0.25, -0.2) is 22.6 Å². The molecule has 30 heavy (non-hydrogen) atoms. The Morgan fingerprint density at radius 1 is 1.17 bits per heavy atom. The Bertz CT molecular complexity index is 1310. The zero-order valence-corrected chi connectivity index (χ0v) is 17.3. The van der Waals surface area contributed by atoms with Gasteiger partial charge in [-0.1, -0.05) is 11.6 Å². The number of nitrogens with zero attached hydrogens (tertiary/aromatic N) is 3. The number of hydrogen-bond acceptors (Lipinski definition) is 6. The normalized spacial score (nSPS) is 11.8. The van der Waals surface area contributed by atoms with Crippen LogP contribution in [0.2, 0.25) is 5.02 Å². The third-order valence-corrected chi connectivity index (χ3v) is 5.82. The van der Waals surface area contributed by atoms with E-state index in [-0.39, 0.29) is 21.8 Å². The predicted molar refractivity (Wildman–Crippen MR) is 110 cm³/mol. The first kappa shape index (κ1) is 21.4. The minimum absolute atomic E-state index is 0.0202. The molecule has 3 N–H and O–H groups in total. The van der Waals surface area contributed by atoms with Gasteiger partial charge in [0.15, 0.2) is 5.69 Å². The molecule has 1 aromatic heterocycles. The lowest BCUT2D eigenvalue weighted by Crippen LogP contribution is -2.19. The van der Waals surface area contributed by atoms with E-state index in [2.05, 4.69) is 20.0 Å². The molecule has 0 saturated carbocycles. The number of sulfonamides is 1. The molecule has 0 saturated heterocycles. The van der Waals surface area contributed by atoms with Crippen molar-refractivity contribution in [2.24, 2.45) is 10.2 Å². The summed E-state index contributed by atoms with van der Waals surface area (Å²) in [6.45, 7) is 1.61. The summed E-state index contributed by atoms with van der Waals surface area (Å²) in [5.41, 5.74) is -0.0540. The lowest BCUT2D eigenvalue weighted by molar-refractivity contribution is 0.0697. The fourth-order valence-electron chi connectivity index (χ4n) is 2.59. The second-order valence-corrected chi connectivity index (χ2v) is 8.42. The summed E-state index contributed by atoms with van der Waals surface area (Å²) in [7, 11) is -2.62. The van der Waals surface area contributed by atoms with Crippen LogP contribution in [0.5, 0.6) is 0 Å². The quantitative estimate of drug-likeness (QED) is 0.494. The fourth-order valence-corrected chi connectivity index (χ4v) is 3.47. The number of rotatable bonds is 6. The number of aromatic amines is 1. The van der Waals surface area contributed by atoms with Crippen LogP contribution in [-0.2, 0) is 10.0 Å². The predicted octanol–water partition coefficient (Wildman–Crippen LogP) is 3.15. The molecule has 0 radical (unpaired) electrons. The van der Waals surface area contributed by atoms with Crippen LogP contribution in [0, 0.1) is 6.92 Å². The molecule has 0 aliphatic rings. The Morgan fingerprint density at radius 3 is 2.43 bits per heavy atom. The van der Waals surface area contributed by atoms with Crippen molar-refractivity contribution >= 4 is 39.0 Å². The van der Waals surface area contributed by atoms with E-state index < -0.39 is 21.6 Å². The van der Waals surface area contributed by atoms with Crippen LogP contribution in [0.1, 0.15) is 16.1 Å². The van der Waals surface area contributed by atoms with E-state index in [0.717, 1.165) is 6.07 Å². The maximum absolute atomic E-state index is 12.7. The first-order chi connectivity index (χ1) is 14.1. The first-order valence-corrected chi connectivity index (χ1v) is 10.3.